The lowest BCUT2D eigenvalue weighted by molar-refractivity contribution is -0.176. The quantitative estimate of drug-likeness (QED) is 0.370. The van der Waals surface area contributed by atoms with E-state index in [9.17, 15) is 20.4 Å². The summed E-state index contributed by atoms with van der Waals surface area (Å²) < 4.78 is 0. The predicted octanol–water partition coefficient (Wildman–Crippen LogP) is -1.28. The third-order valence-electron chi connectivity index (χ3n) is 2.96. The third kappa shape index (κ3) is 1.35. The summed E-state index contributed by atoms with van der Waals surface area (Å²) in [6.07, 6.45) is -4.35. The van der Waals surface area contributed by atoms with Gasteiger partial charge in [0.25, 0.3) is 0 Å². The van der Waals surface area contributed by atoms with Crippen molar-refractivity contribution in [2.24, 2.45) is 11.8 Å². The summed E-state index contributed by atoms with van der Waals surface area (Å²) in [5.74, 6) is -0.392. The Morgan fingerprint density at radius 1 is 0.583 bits per heavy atom. The van der Waals surface area contributed by atoms with Gasteiger partial charge in [0.05, 0.1) is 12.2 Å². The minimum Gasteiger partial charge on any atom is -0.390 e. The molecule has 1 saturated carbocycles. The topological polar surface area (TPSA) is 80.9 Å². The van der Waals surface area contributed by atoms with Crippen LogP contribution in [0.4, 0.5) is 0 Å². The van der Waals surface area contributed by atoms with Crippen molar-refractivity contribution < 1.29 is 20.4 Å². The zero-order valence-corrected chi connectivity index (χ0v) is 7.25. The van der Waals surface area contributed by atoms with Crippen molar-refractivity contribution in [1.29, 1.82) is 0 Å². The second-order valence-corrected chi connectivity index (χ2v) is 3.68. The van der Waals surface area contributed by atoms with E-state index >= 15 is 0 Å². The molecule has 12 heavy (non-hydrogen) atoms. The Balaban J connectivity index is 2.76. The number of aliphatic hydroxyl groups excluding tert-OH is 4. The van der Waals surface area contributed by atoms with Gasteiger partial charge in [-0.3, -0.25) is 0 Å². The third-order valence-corrected chi connectivity index (χ3v) is 2.96. The van der Waals surface area contributed by atoms with Crippen LogP contribution in [0.1, 0.15) is 13.8 Å². The van der Waals surface area contributed by atoms with Gasteiger partial charge < -0.3 is 20.4 Å². The van der Waals surface area contributed by atoms with Gasteiger partial charge in [-0.2, -0.15) is 0 Å². The van der Waals surface area contributed by atoms with Crippen LogP contribution in [0, 0.1) is 11.8 Å². The van der Waals surface area contributed by atoms with Crippen LogP contribution in [0.3, 0.4) is 0 Å². The molecule has 4 heteroatoms. The minimum atomic E-state index is -1.23. The maximum Gasteiger partial charge on any atom is 0.109 e. The first-order chi connectivity index (χ1) is 5.46. The molecule has 6 atom stereocenters. The van der Waals surface area contributed by atoms with Gasteiger partial charge in [0.15, 0.2) is 0 Å². The van der Waals surface area contributed by atoms with Gasteiger partial charge in [-0.1, -0.05) is 13.8 Å². The Morgan fingerprint density at radius 3 is 1.08 bits per heavy atom. The normalized spacial score (nSPS) is 55.5. The fraction of sp³-hybridized carbons (Fsp3) is 1.00. The summed E-state index contributed by atoms with van der Waals surface area (Å²) in [5, 5.41) is 37.3. The van der Waals surface area contributed by atoms with Gasteiger partial charge in [-0.15, -0.1) is 0 Å². The van der Waals surface area contributed by atoms with Crippen LogP contribution in [0.5, 0.6) is 0 Å². The lowest BCUT2D eigenvalue weighted by Crippen LogP contribution is -2.56. The molecule has 0 heterocycles. The smallest absolute Gasteiger partial charge is 0.109 e. The number of rotatable bonds is 0. The molecule has 0 bridgehead atoms. The molecule has 0 aromatic rings. The molecular formula is C8H16O4. The Labute approximate surface area is 71.5 Å². The van der Waals surface area contributed by atoms with Crippen molar-refractivity contribution >= 4 is 0 Å². The van der Waals surface area contributed by atoms with E-state index in [-0.39, 0.29) is 11.8 Å². The molecule has 6 unspecified atom stereocenters. The van der Waals surface area contributed by atoms with Crippen LogP contribution >= 0.6 is 0 Å². The van der Waals surface area contributed by atoms with Crippen molar-refractivity contribution in [3.05, 3.63) is 0 Å². The first-order valence-corrected chi connectivity index (χ1v) is 4.19. The van der Waals surface area contributed by atoms with Crippen LogP contribution in [-0.4, -0.2) is 44.8 Å². The fourth-order valence-electron chi connectivity index (χ4n) is 1.65. The molecule has 0 amide bonds. The maximum absolute atomic E-state index is 9.38. The zero-order valence-electron chi connectivity index (χ0n) is 7.25. The molecule has 4 N–H and O–H groups in total. The highest BCUT2D eigenvalue weighted by molar-refractivity contribution is 4.94. The zero-order chi connectivity index (χ0) is 9.46. The van der Waals surface area contributed by atoms with Gasteiger partial charge in [0.2, 0.25) is 0 Å². The van der Waals surface area contributed by atoms with E-state index in [0.29, 0.717) is 0 Å². The molecule has 4 nitrogen and oxygen atoms in total. The monoisotopic (exact) mass is 176 g/mol. The number of hydrogen-bond donors (Lipinski definition) is 4. The lowest BCUT2D eigenvalue weighted by atomic mass is 9.74. The van der Waals surface area contributed by atoms with Gasteiger partial charge in [-0.05, 0) is 11.8 Å². The van der Waals surface area contributed by atoms with E-state index in [1.54, 1.807) is 13.8 Å². The van der Waals surface area contributed by atoms with E-state index in [2.05, 4.69) is 0 Å². The van der Waals surface area contributed by atoms with E-state index < -0.39 is 24.4 Å². The van der Waals surface area contributed by atoms with E-state index in [1.165, 1.54) is 0 Å². The van der Waals surface area contributed by atoms with Gasteiger partial charge in [-0.25, -0.2) is 0 Å². The Morgan fingerprint density at radius 2 is 0.833 bits per heavy atom. The Bertz CT molecular complexity index is 103. The number of aliphatic hydroxyl groups is 4. The highest BCUT2D eigenvalue weighted by atomic mass is 16.4. The minimum absolute atomic E-state index is 0.196. The van der Waals surface area contributed by atoms with Crippen LogP contribution in [0.25, 0.3) is 0 Å². The molecule has 0 radical (unpaired) electrons. The second-order valence-electron chi connectivity index (χ2n) is 3.68. The highest BCUT2D eigenvalue weighted by Gasteiger charge is 2.44. The molecule has 0 aliphatic heterocycles. The van der Waals surface area contributed by atoms with Crippen LogP contribution in [0.15, 0.2) is 0 Å². The number of hydrogen-bond acceptors (Lipinski definition) is 4. The lowest BCUT2D eigenvalue weighted by Gasteiger charge is -2.41. The van der Waals surface area contributed by atoms with Gasteiger partial charge in [0.1, 0.15) is 12.2 Å². The molecule has 0 aromatic carbocycles. The molecule has 0 aromatic heterocycles. The average molecular weight is 176 g/mol. The van der Waals surface area contributed by atoms with Gasteiger partial charge >= 0.3 is 0 Å². The summed E-state index contributed by atoms with van der Waals surface area (Å²) in [6.45, 7) is 3.49. The SMILES string of the molecule is CC1C(C)C(O)C(O)C(O)C1O. The first kappa shape index (κ1) is 9.92. The van der Waals surface area contributed by atoms with E-state index in [4.69, 9.17) is 0 Å². The predicted molar refractivity (Wildman–Crippen MR) is 42.4 cm³/mol. The molecule has 1 rings (SSSR count). The standard InChI is InChI=1S/C8H16O4/c1-3-4(2)6(10)8(12)7(11)5(3)9/h3-12H,1-2H3. The summed E-state index contributed by atoms with van der Waals surface area (Å²) in [6, 6.07) is 0. The van der Waals surface area contributed by atoms with Gasteiger partial charge in [0, 0.05) is 0 Å². The summed E-state index contributed by atoms with van der Waals surface area (Å²) in [4.78, 5) is 0. The second kappa shape index (κ2) is 3.30. The molecule has 0 spiro atoms. The summed E-state index contributed by atoms with van der Waals surface area (Å²) in [7, 11) is 0. The first-order valence-electron chi connectivity index (χ1n) is 4.19. The van der Waals surface area contributed by atoms with Crippen LogP contribution in [-0.2, 0) is 0 Å². The Kier molecular flexibility index (Phi) is 2.73. The molecule has 0 saturated heterocycles. The molecule has 1 aliphatic rings. The molecule has 1 aliphatic carbocycles. The summed E-state index contributed by atoms with van der Waals surface area (Å²) >= 11 is 0. The molecular weight excluding hydrogens is 160 g/mol. The average Bonchev–Trinajstić information content (AvgIpc) is 2.08. The van der Waals surface area contributed by atoms with Crippen LogP contribution < -0.4 is 0 Å². The Hall–Kier alpha value is -0.160. The van der Waals surface area contributed by atoms with Crippen molar-refractivity contribution in [3.63, 3.8) is 0 Å². The molecule has 72 valence electrons. The molecule has 1 fully saturated rings. The van der Waals surface area contributed by atoms with Crippen molar-refractivity contribution in [1.82, 2.24) is 0 Å². The summed E-state index contributed by atoms with van der Waals surface area (Å²) in [5.41, 5.74) is 0. The van der Waals surface area contributed by atoms with Crippen LogP contribution in [0.2, 0.25) is 0 Å². The van der Waals surface area contributed by atoms with Crippen molar-refractivity contribution in [2.45, 2.75) is 38.3 Å². The highest BCUT2D eigenvalue weighted by Crippen LogP contribution is 2.30. The van der Waals surface area contributed by atoms with E-state index in [0.717, 1.165) is 0 Å². The van der Waals surface area contributed by atoms with Crippen molar-refractivity contribution in [2.75, 3.05) is 0 Å². The fourth-order valence-corrected chi connectivity index (χ4v) is 1.65. The maximum atomic E-state index is 9.38. The largest absolute Gasteiger partial charge is 0.390 e. The van der Waals surface area contributed by atoms with E-state index in [1.807, 2.05) is 0 Å². The van der Waals surface area contributed by atoms with Crippen molar-refractivity contribution in [3.8, 4) is 0 Å².